The number of nitrogens with zero attached hydrogens (tertiary/aromatic N) is 4. The summed E-state index contributed by atoms with van der Waals surface area (Å²) in [4.78, 5) is 8.77. The Morgan fingerprint density at radius 3 is 1.64 bits per heavy atom. The molecule has 0 aromatic heterocycles. The van der Waals surface area contributed by atoms with Crippen LogP contribution in [0, 0.1) is 0 Å². The molecule has 122 valence electrons. The fourth-order valence-corrected chi connectivity index (χ4v) is 1.01. The van der Waals surface area contributed by atoms with Gasteiger partial charge in [-0.15, -0.1) is 10.2 Å². The monoisotopic (exact) mass is 314 g/mol. The lowest BCUT2D eigenvalue weighted by Gasteiger charge is -2.14. The fraction of sp³-hybridized carbons (Fsp3) is 0.500. The molecule has 0 aliphatic heterocycles. The van der Waals surface area contributed by atoms with Gasteiger partial charge >= 0.3 is 11.9 Å². The number of hydrogen-bond donors (Lipinski definition) is 4. The third-order valence-corrected chi connectivity index (χ3v) is 2.44. The molecule has 0 aliphatic carbocycles. The molecule has 0 radical (unpaired) electrons. The molecule has 1 aromatic carbocycles. The first-order valence-electron chi connectivity index (χ1n) is 6.46. The SMILES string of the molecule is CCC(O)(O)ON=Nc1cccc(N=NOC(O)(O)CC)c1. The van der Waals surface area contributed by atoms with Crippen molar-refractivity contribution < 1.29 is 30.1 Å². The Balaban J connectivity index is 2.66. The number of benzene rings is 1. The average Bonchev–Trinajstić information content (AvgIpc) is 2.47. The molecule has 0 bridgehead atoms. The molecule has 0 heterocycles. The normalized spacial score (nSPS) is 13.0. The van der Waals surface area contributed by atoms with E-state index in [0.717, 1.165) is 0 Å². The molecule has 10 heteroatoms. The molecule has 0 atom stereocenters. The second-order valence-electron chi connectivity index (χ2n) is 4.26. The highest BCUT2D eigenvalue weighted by Crippen LogP contribution is 2.22. The zero-order valence-electron chi connectivity index (χ0n) is 12.1. The molecule has 0 spiro atoms. The van der Waals surface area contributed by atoms with E-state index in [-0.39, 0.29) is 12.8 Å². The van der Waals surface area contributed by atoms with Crippen LogP contribution in [0.2, 0.25) is 0 Å². The summed E-state index contributed by atoms with van der Waals surface area (Å²) in [6.45, 7) is 2.99. The van der Waals surface area contributed by atoms with Crippen molar-refractivity contribution in [2.24, 2.45) is 20.8 Å². The first-order chi connectivity index (χ1) is 10.3. The van der Waals surface area contributed by atoms with Crippen molar-refractivity contribution in [3.63, 3.8) is 0 Å². The van der Waals surface area contributed by atoms with Crippen LogP contribution in [0.4, 0.5) is 11.4 Å². The Morgan fingerprint density at radius 2 is 1.27 bits per heavy atom. The van der Waals surface area contributed by atoms with Crippen LogP contribution >= 0.6 is 0 Å². The van der Waals surface area contributed by atoms with Crippen molar-refractivity contribution in [1.29, 1.82) is 0 Å². The molecule has 0 unspecified atom stereocenters. The van der Waals surface area contributed by atoms with Crippen molar-refractivity contribution in [3.05, 3.63) is 24.3 Å². The van der Waals surface area contributed by atoms with Crippen molar-refractivity contribution in [1.82, 2.24) is 0 Å². The van der Waals surface area contributed by atoms with Crippen LogP contribution in [-0.2, 0) is 9.68 Å². The molecule has 0 fully saturated rings. The van der Waals surface area contributed by atoms with E-state index in [1.54, 1.807) is 18.2 Å². The van der Waals surface area contributed by atoms with Gasteiger partial charge in [0.2, 0.25) is 0 Å². The first-order valence-corrected chi connectivity index (χ1v) is 6.46. The standard InChI is InChI=1S/C12H18N4O6/c1-3-11(17,18)21-15-13-9-6-5-7-10(8-9)14-16-22-12(19,20)4-2/h5-8,17-20H,3-4H2,1-2H3. The van der Waals surface area contributed by atoms with E-state index in [2.05, 4.69) is 30.5 Å². The van der Waals surface area contributed by atoms with E-state index in [1.807, 2.05) is 0 Å². The van der Waals surface area contributed by atoms with Gasteiger partial charge in [-0.2, -0.15) is 0 Å². The topological polar surface area (TPSA) is 149 Å². The van der Waals surface area contributed by atoms with Crippen LogP contribution in [0.25, 0.3) is 0 Å². The summed E-state index contributed by atoms with van der Waals surface area (Å²) in [6.07, 6.45) is -0.168. The number of aliphatic hydroxyl groups is 4. The lowest BCUT2D eigenvalue weighted by molar-refractivity contribution is -0.343. The third-order valence-electron chi connectivity index (χ3n) is 2.44. The van der Waals surface area contributed by atoms with Crippen LogP contribution in [0.5, 0.6) is 0 Å². The molecule has 0 saturated carbocycles. The molecular formula is C12H18N4O6. The largest absolute Gasteiger partial charge is 0.346 e. The van der Waals surface area contributed by atoms with Crippen LogP contribution < -0.4 is 0 Å². The zero-order valence-corrected chi connectivity index (χ0v) is 12.1. The molecule has 0 aliphatic rings. The van der Waals surface area contributed by atoms with Crippen molar-refractivity contribution in [2.45, 2.75) is 38.6 Å². The van der Waals surface area contributed by atoms with E-state index in [4.69, 9.17) is 20.4 Å². The quantitative estimate of drug-likeness (QED) is 0.326. The summed E-state index contributed by atoms with van der Waals surface area (Å²) in [5.41, 5.74) is 0.608. The van der Waals surface area contributed by atoms with Crippen LogP contribution in [-0.4, -0.2) is 32.4 Å². The molecule has 0 amide bonds. The highest BCUT2D eigenvalue weighted by atomic mass is 16.8. The van der Waals surface area contributed by atoms with Crippen LogP contribution in [0.15, 0.2) is 45.0 Å². The summed E-state index contributed by atoms with van der Waals surface area (Å²) in [5, 5.41) is 50.2. The van der Waals surface area contributed by atoms with E-state index in [9.17, 15) is 0 Å². The van der Waals surface area contributed by atoms with Crippen molar-refractivity contribution in [2.75, 3.05) is 0 Å². The molecular weight excluding hydrogens is 296 g/mol. The minimum atomic E-state index is -2.37. The Hall–Kier alpha value is -2.14. The summed E-state index contributed by atoms with van der Waals surface area (Å²) in [7, 11) is 0. The van der Waals surface area contributed by atoms with Crippen LogP contribution in [0.3, 0.4) is 0 Å². The van der Waals surface area contributed by atoms with Gasteiger partial charge in [0.25, 0.3) is 0 Å². The Kier molecular flexibility index (Phi) is 6.31. The summed E-state index contributed by atoms with van der Waals surface area (Å²) in [5.74, 6) is -4.75. The maximum absolute atomic E-state index is 9.15. The Morgan fingerprint density at radius 1 is 0.864 bits per heavy atom. The van der Waals surface area contributed by atoms with Gasteiger partial charge in [0.1, 0.15) is 0 Å². The van der Waals surface area contributed by atoms with Gasteiger partial charge in [0.05, 0.1) is 11.4 Å². The van der Waals surface area contributed by atoms with Gasteiger partial charge < -0.3 is 30.1 Å². The van der Waals surface area contributed by atoms with E-state index in [0.29, 0.717) is 11.4 Å². The zero-order chi connectivity index (χ0) is 16.6. The van der Waals surface area contributed by atoms with Gasteiger partial charge in [0, 0.05) is 23.4 Å². The number of hydrogen-bond acceptors (Lipinski definition) is 10. The van der Waals surface area contributed by atoms with Gasteiger partial charge in [-0.25, -0.2) is 0 Å². The molecule has 1 aromatic rings. The smallest absolute Gasteiger partial charge is 0.332 e. The van der Waals surface area contributed by atoms with E-state index >= 15 is 0 Å². The first kappa shape index (κ1) is 17.9. The van der Waals surface area contributed by atoms with Crippen molar-refractivity contribution in [3.8, 4) is 0 Å². The van der Waals surface area contributed by atoms with E-state index < -0.39 is 11.9 Å². The van der Waals surface area contributed by atoms with Gasteiger partial charge in [-0.3, -0.25) is 0 Å². The van der Waals surface area contributed by atoms with Gasteiger partial charge in [0.15, 0.2) is 0 Å². The molecule has 1 rings (SSSR count). The highest BCUT2D eigenvalue weighted by Gasteiger charge is 2.22. The minimum absolute atomic E-state index is 0.0842. The highest BCUT2D eigenvalue weighted by molar-refractivity contribution is 5.49. The predicted octanol–water partition coefficient (Wildman–Crippen LogP) is 1.81. The Bertz CT molecular complexity index is 489. The molecule has 22 heavy (non-hydrogen) atoms. The molecule has 0 saturated heterocycles. The summed E-state index contributed by atoms with van der Waals surface area (Å²) < 4.78 is 0. The molecule has 4 N–H and O–H groups in total. The average molecular weight is 314 g/mol. The van der Waals surface area contributed by atoms with Gasteiger partial charge in [-0.05, 0) is 18.2 Å². The third kappa shape index (κ3) is 6.54. The van der Waals surface area contributed by atoms with Gasteiger partial charge in [-0.1, -0.05) is 19.9 Å². The fourth-order valence-electron chi connectivity index (χ4n) is 1.01. The second kappa shape index (κ2) is 7.75. The molecule has 10 nitrogen and oxygen atoms in total. The van der Waals surface area contributed by atoms with Crippen LogP contribution in [0.1, 0.15) is 26.7 Å². The number of rotatable bonds is 8. The minimum Gasteiger partial charge on any atom is -0.332 e. The predicted molar refractivity (Wildman–Crippen MR) is 72.6 cm³/mol. The lowest BCUT2D eigenvalue weighted by Crippen LogP contribution is -2.28. The Labute approximate surface area is 126 Å². The summed E-state index contributed by atoms with van der Waals surface area (Å²) in [6, 6.07) is 6.14. The lowest BCUT2D eigenvalue weighted by atomic mass is 10.3. The van der Waals surface area contributed by atoms with E-state index in [1.165, 1.54) is 19.9 Å². The summed E-state index contributed by atoms with van der Waals surface area (Å²) >= 11 is 0. The maximum Gasteiger partial charge on any atom is 0.346 e. The van der Waals surface area contributed by atoms with Crippen molar-refractivity contribution >= 4 is 11.4 Å². The maximum atomic E-state index is 9.15. The second-order valence-corrected chi connectivity index (χ2v) is 4.26.